The van der Waals surface area contributed by atoms with Crippen LogP contribution in [0.1, 0.15) is 81.0 Å². The molecule has 5 nitrogen and oxygen atoms in total. The molecule has 1 fully saturated rings. The molecular formula is C25H35BrN4O. The molecule has 0 spiro atoms. The van der Waals surface area contributed by atoms with Crippen molar-refractivity contribution in [3.63, 3.8) is 0 Å². The van der Waals surface area contributed by atoms with Crippen LogP contribution in [-0.2, 0) is 13.0 Å². The van der Waals surface area contributed by atoms with Gasteiger partial charge in [-0.05, 0) is 71.1 Å². The number of hydrogen-bond donors (Lipinski definition) is 0. The van der Waals surface area contributed by atoms with Gasteiger partial charge in [-0.25, -0.2) is 4.98 Å². The maximum absolute atomic E-state index is 13.7. The van der Waals surface area contributed by atoms with Crippen molar-refractivity contribution in [2.75, 3.05) is 24.5 Å². The van der Waals surface area contributed by atoms with Gasteiger partial charge in [-0.15, -0.1) is 0 Å². The number of aryl methyl sites for hydroxylation is 1. The number of anilines is 2. The summed E-state index contributed by atoms with van der Waals surface area (Å²) in [6.07, 6.45) is 5.58. The average molecular weight is 487 g/mol. The first-order valence-electron chi connectivity index (χ1n) is 11.9. The van der Waals surface area contributed by atoms with E-state index >= 15 is 0 Å². The summed E-state index contributed by atoms with van der Waals surface area (Å²) in [5.41, 5.74) is 4.17. The first-order valence-corrected chi connectivity index (χ1v) is 12.7. The highest BCUT2D eigenvalue weighted by molar-refractivity contribution is 9.10. The third-order valence-electron chi connectivity index (χ3n) is 6.76. The second-order valence-corrected chi connectivity index (χ2v) is 10.1. The van der Waals surface area contributed by atoms with Crippen LogP contribution in [-0.4, -0.2) is 40.0 Å². The molecule has 1 saturated carbocycles. The highest BCUT2D eigenvalue weighted by atomic mass is 79.9. The normalized spacial score (nSPS) is 16.0. The molecule has 0 N–H and O–H groups in total. The molecule has 1 aliphatic heterocycles. The monoisotopic (exact) mass is 486 g/mol. The molecule has 1 aromatic heterocycles. The number of aromatic nitrogens is 2. The minimum atomic E-state index is 0.167. The SMILES string of the molecule is CCCN(CC1CCC1)C(=O)c1c(CC)nc2n1CCN2c1ccc(C(C)C)cc1Br. The van der Waals surface area contributed by atoms with E-state index in [1.807, 2.05) is 0 Å². The number of amides is 1. The molecule has 0 bridgehead atoms. The van der Waals surface area contributed by atoms with Gasteiger partial charge >= 0.3 is 0 Å². The number of imidazole rings is 1. The summed E-state index contributed by atoms with van der Waals surface area (Å²) < 4.78 is 3.24. The third kappa shape index (κ3) is 4.28. The van der Waals surface area contributed by atoms with Crippen LogP contribution in [0.3, 0.4) is 0 Å². The van der Waals surface area contributed by atoms with E-state index in [0.29, 0.717) is 11.8 Å². The first kappa shape index (κ1) is 22.4. The number of fused-ring (bicyclic) bond motifs is 1. The van der Waals surface area contributed by atoms with Gasteiger partial charge < -0.3 is 14.4 Å². The molecule has 0 unspecified atom stereocenters. The molecule has 0 atom stereocenters. The maximum Gasteiger partial charge on any atom is 0.272 e. The van der Waals surface area contributed by atoms with Crippen LogP contribution in [0.15, 0.2) is 22.7 Å². The Morgan fingerprint density at radius 3 is 2.61 bits per heavy atom. The number of halogens is 1. The summed E-state index contributed by atoms with van der Waals surface area (Å²) in [4.78, 5) is 23.0. The van der Waals surface area contributed by atoms with Gasteiger partial charge in [-0.2, -0.15) is 0 Å². The third-order valence-corrected chi connectivity index (χ3v) is 7.39. The molecule has 0 radical (unpaired) electrons. The van der Waals surface area contributed by atoms with Crippen LogP contribution in [0.2, 0.25) is 0 Å². The van der Waals surface area contributed by atoms with Crippen molar-refractivity contribution in [2.45, 2.75) is 72.3 Å². The molecule has 1 aromatic carbocycles. The molecule has 6 heteroatoms. The fraction of sp³-hybridized carbons (Fsp3) is 0.600. The van der Waals surface area contributed by atoms with Gasteiger partial charge in [-0.3, -0.25) is 4.79 Å². The molecule has 2 aromatic rings. The lowest BCUT2D eigenvalue weighted by Crippen LogP contribution is -2.39. The molecule has 1 amide bonds. The second kappa shape index (κ2) is 9.35. The van der Waals surface area contributed by atoms with E-state index in [1.54, 1.807) is 0 Å². The molecule has 0 saturated heterocycles. The van der Waals surface area contributed by atoms with Crippen LogP contribution in [0.4, 0.5) is 11.6 Å². The Balaban J connectivity index is 1.66. The van der Waals surface area contributed by atoms with E-state index in [4.69, 9.17) is 4.98 Å². The van der Waals surface area contributed by atoms with Crippen LogP contribution in [0.5, 0.6) is 0 Å². The van der Waals surface area contributed by atoms with Gasteiger partial charge in [-0.1, -0.05) is 40.2 Å². The lowest BCUT2D eigenvalue weighted by atomic mass is 9.85. The van der Waals surface area contributed by atoms with E-state index in [2.05, 4.69) is 76.2 Å². The molecule has 1 aliphatic carbocycles. The summed E-state index contributed by atoms with van der Waals surface area (Å²) >= 11 is 3.78. The van der Waals surface area contributed by atoms with Crippen molar-refractivity contribution in [1.29, 1.82) is 0 Å². The minimum Gasteiger partial charge on any atom is -0.337 e. The van der Waals surface area contributed by atoms with E-state index in [1.165, 1.54) is 24.8 Å². The Morgan fingerprint density at radius 1 is 1.26 bits per heavy atom. The fourth-order valence-corrected chi connectivity index (χ4v) is 5.32. The van der Waals surface area contributed by atoms with Gasteiger partial charge in [0.2, 0.25) is 5.95 Å². The average Bonchev–Trinajstić information content (AvgIpc) is 3.27. The standard InChI is InChI=1S/C25H35BrN4O/c1-5-12-28(16-18-8-7-9-18)24(31)23-21(6-2)27-25-29(13-14-30(23)25)22-11-10-19(17(3)4)15-20(22)26/h10-11,15,17-18H,5-9,12-14,16H2,1-4H3. The summed E-state index contributed by atoms with van der Waals surface area (Å²) in [7, 11) is 0. The van der Waals surface area contributed by atoms with Crippen molar-refractivity contribution in [3.8, 4) is 0 Å². The van der Waals surface area contributed by atoms with E-state index < -0.39 is 0 Å². The summed E-state index contributed by atoms with van der Waals surface area (Å²) in [5, 5.41) is 0. The molecule has 31 heavy (non-hydrogen) atoms. The predicted molar refractivity (Wildman–Crippen MR) is 130 cm³/mol. The molecule has 2 aliphatic rings. The maximum atomic E-state index is 13.7. The van der Waals surface area contributed by atoms with Gasteiger partial charge in [0.25, 0.3) is 5.91 Å². The highest BCUT2D eigenvalue weighted by Gasteiger charge is 2.34. The van der Waals surface area contributed by atoms with E-state index in [-0.39, 0.29) is 5.91 Å². The number of hydrogen-bond acceptors (Lipinski definition) is 3. The van der Waals surface area contributed by atoms with Gasteiger partial charge in [0.05, 0.1) is 11.4 Å². The summed E-state index contributed by atoms with van der Waals surface area (Å²) in [6.45, 7) is 12.0. The summed E-state index contributed by atoms with van der Waals surface area (Å²) in [5.74, 6) is 2.23. The summed E-state index contributed by atoms with van der Waals surface area (Å²) in [6, 6.07) is 6.58. The lowest BCUT2D eigenvalue weighted by molar-refractivity contribution is 0.0684. The Kier molecular flexibility index (Phi) is 6.75. The number of rotatable bonds is 8. The number of carbonyl (C=O) groups is 1. The van der Waals surface area contributed by atoms with E-state index in [9.17, 15) is 4.79 Å². The second-order valence-electron chi connectivity index (χ2n) is 9.28. The van der Waals surface area contributed by atoms with Crippen molar-refractivity contribution < 1.29 is 4.79 Å². The largest absolute Gasteiger partial charge is 0.337 e. The van der Waals surface area contributed by atoms with Crippen LogP contribution in [0, 0.1) is 5.92 Å². The van der Waals surface area contributed by atoms with Gasteiger partial charge in [0, 0.05) is 30.7 Å². The van der Waals surface area contributed by atoms with Gasteiger partial charge in [0.1, 0.15) is 5.69 Å². The zero-order valence-electron chi connectivity index (χ0n) is 19.3. The van der Waals surface area contributed by atoms with Crippen LogP contribution in [0.25, 0.3) is 0 Å². The predicted octanol–water partition coefficient (Wildman–Crippen LogP) is 6.14. The van der Waals surface area contributed by atoms with Crippen molar-refractivity contribution in [3.05, 3.63) is 39.6 Å². The topological polar surface area (TPSA) is 41.4 Å². The number of benzene rings is 1. The lowest BCUT2D eigenvalue weighted by Gasteiger charge is -2.32. The first-order chi connectivity index (χ1) is 14.9. The number of carbonyl (C=O) groups excluding carboxylic acids is 1. The van der Waals surface area contributed by atoms with E-state index in [0.717, 1.165) is 66.5 Å². The highest BCUT2D eigenvalue weighted by Crippen LogP contribution is 2.38. The Hall–Kier alpha value is -1.82. The smallest absolute Gasteiger partial charge is 0.272 e. The Morgan fingerprint density at radius 2 is 2.03 bits per heavy atom. The Bertz CT molecular complexity index is 947. The van der Waals surface area contributed by atoms with Gasteiger partial charge in [0.15, 0.2) is 0 Å². The molecular weight excluding hydrogens is 452 g/mol. The molecule has 2 heterocycles. The molecule has 4 rings (SSSR count). The Labute approximate surface area is 195 Å². The number of nitrogens with zero attached hydrogens (tertiary/aromatic N) is 4. The van der Waals surface area contributed by atoms with Crippen molar-refractivity contribution in [1.82, 2.24) is 14.5 Å². The zero-order valence-corrected chi connectivity index (χ0v) is 20.9. The van der Waals surface area contributed by atoms with Crippen LogP contribution >= 0.6 is 15.9 Å². The minimum absolute atomic E-state index is 0.167. The quantitative estimate of drug-likeness (QED) is 0.450. The van der Waals surface area contributed by atoms with Crippen molar-refractivity contribution >= 4 is 33.5 Å². The molecule has 168 valence electrons. The fourth-order valence-electron chi connectivity index (χ4n) is 4.70. The van der Waals surface area contributed by atoms with Crippen LogP contribution < -0.4 is 4.90 Å². The zero-order chi connectivity index (χ0) is 22.1. The van der Waals surface area contributed by atoms with Crippen molar-refractivity contribution in [2.24, 2.45) is 5.92 Å².